The maximum absolute atomic E-state index is 2.35. The van der Waals surface area contributed by atoms with E-state index < -0.39 is 0 Å². The Kier molecular flexibility index (Phi) is 3.27. The lowest BCUT2D eigenvalue weighted by atomic mass is 10.2. The van der Waals surface area contributed by atoms with Crippen molar-refractivity contribution in [1.29, 1.82) is 0 Å². The van der Waals surface area contributed by atoms with Crippen LogP contribution in [-0.4, -0.2) is 15.6 Å². The van der Waals surface area contributed by atoms with Crippen LogP contribution < -0.4 is 0 Å². The molecule has 0 saturated carbocycles. The Bertz CT molecular complexity index is 83.0. The van der Waals surface area contributed by atoms with Crippen LogP contribution in [0.1, 0.15) is 26.7 Å². The first kappa shape index (κ1) is 7.80. The number of hydrogen-bond acceptors (Lipinski definition) is 2. The first-order valence-electron chi connectivity index (χ1n) is 3.57. The minimum Gasteiger partial charge on any atom is -0.147 e. The molecule has 1 aliphatic rings. The van der Waals surface area contributed by atoms with E-state index in [0.29, 0.717) is 0 Å². The molecule has 54 valence electrons. The van der Waals surface area contributed by atoms with Crippen LogP contribution in [0.5, 0.6) is 0 Å². The van der Waals surface area contributed by atoms with Crippen LogP contribution in [-0.2, 0) is 0 Å². The van der Waals surface area contributed by atoms with Crippen LogP contribution in [0.15, 0.2) is 0 Å². The molecule has 1 heterocycles. The maximum atomic E-state index is 2.35. The van der Waals surface area contributed by atoms with Gasteiger partial charge in [0.25, 0.3) is 0 Å². The highest BCUT2D eigenvalue weighted by molar-refractivity contribution is 8.19. The van der Waals surface area contributed by atoms with Gasteiger partial charge in [-0.3, -0.25) is 0 Å². The van der Waals surface area contributed by atoms with Crippen molar-refractivity contribution in [3.8, 4) is 0 Å². The van der Waals surface area contributed by atoms with E-state index in [2.05, 4.69) is 37.4 Å². The van der Waals surface area contributed by atoms with Crippen LogP contribution >= 0.6 is 23.5 Å². The van der Waals surface area contributed by atoms with Crippen molar-refractivity contribution >= 4 is 23.5 Å². The van der Waals surface area contributed by atoms with E-state index >= 15 is 0 Å². The van der Waals surface area contributed by atoms with Gasteiger partial charge < -0.3 is 0 Å². The third kappa shape index (κ3) is 2.08. The zero-order valence-electron chi connectivity index (χ0n) is 6.09. The fourth-order valence-electron chi connectivity index (χ4n) is 1.08. The summed E-state index contributed by atoms with van der Waals surface area (Å²) in [6.07, 6.45) is 2.77. The highest BCUT2D eigenvalue weighted by atomic mass is 32.2. The lowest BCUT2D eigenvalue weighted by molar-refractivity contribution is 0.737. The second kappa shape index (κ2) is 3.77. The third-order valence-corrected chi connectivity index (χ3v) is 4.90. The average molecular weight is 162 g/mol. The predicted molar refractivity (Wildman–Crippen MR) is 48.2 cm³/mol. The standard InChI is InChI=1S/C7H14S2/c1-3-4-7-6(2)8-5-9-7/h6-7H,3-5H2,1-2H3/t6?,7-/m0/s1. The summed E-state index contributed by atoms with van der Waals surface area (Å²) in [5.41, 5.74) is 0. The van der Waals surface area contributed by atoms with Crippen molar-refractivity contribution in [2.75, 3.05) is 5.08 Å². The van der Waals surface area contributed by atoms with Crippen molar-refractivity contribution in [1.82, 2.24) is 0 Å². The van der Waals surface area contributed by atoms with E-state index in [-0.39, 0.29) is 0 Å². The van der Waals surface area contributed by atoms with Crippen molar-refractivity contribution < 1.29 is 0 Å². The molecule has 2 atom stereocenters. The monoisotopic (exact) mass is 162 g/mol. The van der Waals surface area contributed by atoms with Gasteiger partial charge in [-0.15, -0.1) is 23.5 Å². The van der Waals surface area contributed by atoms with Gasteiger partial charge in [0.2, 0.25) is 0 Å². The second-order valence-electron chi connectivity index (χ2n) is 2.48. The van der Waals surface area contributed by atoms with Crippen molar-refractivity contribution in [3.05, 3.63) is 0 Å². The largest absolute Gasteiger partial charge is 0.147 e. The normalized spacial score (nSPS) is 35.3. The molecule has 0 aliphatic carbocycles. The third-order valence-electron chi connectivity index (χ3n) is 1.71. The molecular formula is C7H14S2. The SMILES string of the molecule is CCC[C@@H]1SCSC1C. The fraction of sp³-hybridized carbons (Fsp3) is 1.00. The van der Waals surface area contributed by atoms with Crippen LogP contribution in [0.25, 0.3) is 0 Å². The summed E-state index contributed by atoms with van der Waals surface area (Å²) in [4.78, 5) is 0. The summed E-state index contributed by atoms with van der Waals surface area (Å²) >= 11 is 4.25. The molecular weight excluding hydrogens is 148 g/mol. The minimum absolute atomic E-state index is 0.912. The highest BCUT2D eigenvalue weighted by Gasteiger charge is 2.22. The number of rotatable bonds is 2. The Morgan fingerprint density at radius 2 is 2.22 bits per heavy atom. The summed E-state index contributed by atoms with van der Waals surface area (Å²) in [5.74, 6) is 0. The molecule has 1 rings (SSSR count). The molecule has 0 nitrogen and oxygen atoms in total. The molecule has 0 amide bonds. The fourth-order valence-corrected chi connectivity index (χ4v) is 4.45. The Labute approximate surface area is 66.2 Å². The molecule has 9 heavy (non-hydrogen) atoms. The molecule has 0 bridgehead atoms. The van der Waals surface area contributed by atoms with Crippen LogP contribution in [0.3, 0.4) is 0 Å². The van der Waals surface area contributed by atoms with Gasteiger partial charge in [0.15, 0.2) is 0 Å². The van der Waals surface area contributed by atoms with Gasteiger partial charge in [-0.25, -0.2) is 0 Å². The number of thioether (sulfide) groups is 2. The Morgan fingerprint density at radius 3 is 2.67 bits per heavy atom. The molecule has 1 aliphatic heterocycles. The van der Waals surface area contributed by atoms with E-state index in [0.717, 1.165) is 10.5 Å². The first-order valence-corrected chi connectivity index (χ1v) is 5.67. The van der Waals surface area contributed by atoms with E-state index in [1.54, 1.807) is 0 Å². The molecule has 0 spiro atoms. The molecule has 0 radical (unpaired) electrons. The minimum atomic E-state index is 0.912. The van der Waals surface area contributed by atoms with Crippen molar-refractivity contribution in [2.45, 2.75) is 37.2 Å². The topological polar surface area (TPSA) is 0 Å². The molecule has 1 saturated heterocycles. The van der Waals surface area contributed by atoms with E-state index in [4.69, 9.17) is 0 Å². The van der Waals surface area contributed by atoms with Crippen LogP contribution in [0.4, 0.5) is 0 Å². The average Bonchev–Trinajstić information content (AvgIpc) is 2.18. The zero-order valence-corrected chi connectivity index (χ0v) is 7.73. The molecule has 1 unspecified atom stereocenters. The smallest absolute Gasteiger partial charge is 0.0398 e. The zero-order chi connectivity index (χ0) is 6.69. The van der Waals surface area contributed by atoms with Gasteiger partial charge in [0.1, 0.15) is 0 Å². The summed E-state index contributed by atoms with van der Waals surface area (Å²) < 4.78 is 0. The molecule has 0 aromatic carbocycles. The van der Waals surface area contributed by atoms with Gasteiger partial charge in [0, 0.05) is 15.6 Å². The van der Waals surface area contributed by atoms with Gasteiger partial charge >= 0.3 is 0 Å². The first-order chi connectivity index (χ1) is 4.34. The van der Waals surface area contributed by atoms with Crippen molar-refractivity contribution in [3.63, 3.8) is 0 Å². The van der Waals surface area contributed by atoms with Crippen molar-refractivity contribution in [2.24, 2.45) is 0 Å². The van der Waals surface area contributed by atoms with Crippen LogP contribution in [0.2, 0.25) is 0 Å². The van der Waals surface area contributed by atoms with E-state index in [9.17, 15) is 0 Å². The molecule has 0 aromatic heterocycles. The lowest BCUT2D eigenvalue weighted by Gasteiger charge is -2.10. The number of hydrogen-bond donors (Lipinski definition) is 0. The maximum Gasteiger partial charge on any atom is 0.0398 e. The predicted octanol–water partition coefficient (Wildman–Crippen LogP) is 2.98. The molecule has 2 heteroatoms. The summed E-state index contributed by atoms with van der Waals surface area (Å²) in [7, 11) is 0. The Morgan fingerprint density at radius 1 is 1.44 bits per heavy atom. The second-order valence-corrected chi connectivity index (χ2v) is 5.44. The molecule has 0 aromatic rings. The highest BCUT2D eigenvalue weighted by Crippen LogP contribution is 2.38. The summed E-state index contributed by atoms with van der Waals surface area (Å²) in [5, 5.41) is 3.20. The van der Waals surface area contributed by atoms with E-state index in [1.807, 2.05) is 0 Å². The summed E-state index contributed by atoms with van der Waals surface area (Å²) in [6, 6.07) is 0. The quantitative estimate of drug-likeness (QED) is 0.612. The van der Waals surface area contributed by atoms with Gasteiger partial charge in [0.05, 0.1) is 0 Å². The Hall–Kier alpha value is 0.700. The summed E-state index contributed by atoms with van der Waals surface area (Å²) in [6.45, 7) is 4.63. The van der Waals surface area contributed by atoms with Gasteiger partial charge in [-0.1, -0.05) is 20.3 Å². The van der Waals surface area contributed by atoms with Gasteiger partial charge in [-0.05, 0) is 6.42 Å². The Balaban J connectivity index is 2.22. The lowest BCUT2D eigenvalue weighted by Crippen LogP contribution is -2.09. The van der Waals surface area contributed by atoms with Gasteiger partial charge in [-0.2, -0.15) is 0 Å². The molecule has 0 N–H and O–H groups in total. The van der Waals surface area contributed by atoms with E-state index in [1.165, 1.54) is 17.9 Å². The molecule has 1 fully saturated rings. The van der Waals surface area contributed by atoms with Crippen LogP contribution in [0, 0.1) is 0 Å².